The molecule has 3 N–H and O–H groups in total. The number of carbonyl (C=O) groups is 1. The average molecular weight is 285 g/mol. The third-order valence-corrected chi connectivity index (χ3v) is 3.46. The lowest BCUT2D eigenvalue weighted by Gasteiger charge is -2.13. The SMILES string of the molecule is Cc1cc(=O)c(C(=O)NN)cn1-c1ccc(C(C)C)cc1. The van der Waals surface area contributed by atoms with Gasteiger partial charge in [-0.05, 0) is 30.5 Å². The van der Waals surface area contributed by atoms with Crippen molar-refractivity contribution < 1.29 is 4.79 Å². The smallest absolute Gasteiger partial charge is 0.270 e. The fraction of sp³-hybridized carbons (Fsp3) is 0.250. The number of nitrogen functional groups attached to an aromatic ring is 1. The Kier molecular flexibility index (Phi) is 4.23. The summed E-state index contributed by atoms with van der Waals surface area (Å²) in [5, 5.41) is 0. The van der Waals surface area contributed by atoms with Gasteiger partial charge in [-0.1, -0.05) is 26.0 Å². The van der Waals surface area contributed by atoms with Crippen molar-refractivity contribution in [2.45, 2.75) is 26.7 Å². The minimum Gasteiger partial charge on any atom is -0.320 e. The van der Waals surface area contributed by atoms with E-state index in [0.29, 0.717) is 5.92 Å². The van der Waals surface area contributed by atoms with Gasteiger partial charge in [0, 0.05) is 23.6 Å². The molecule has 0 aliphatic rings. The van der Waals surface area contributed by atoms with Crippen LogP contribution in [0.4, 0.5) is 0 Å². The van der Waals surface area contributed by atoms with Gasteiger partial charge in [0.25, 0.3) is 5.91 Å². The molecule has 0 bridgehead atoms. The van der Waals surface area contributed by atoms with Crippen LogP contribution in [-0.4, -0.2) is 10.5 Å². The van der Waals surface area contributed by atoms with Crippen molar-refractivity contribution in [2.75, 3.05) is 0 Å². The summed E-state index contributed by atoms with van der Waals surface area (Å²) >= 11 is 0. The summed E-state index contributed by atoms with van der Waals surface area (Å²) in [6.45, 7) is 6.08. The minimum atomic E-state index is -0.590. The molecule has 0 atom stereocenters. The summed E-state index contributed by atoms with van der Waals surface area (Å²) in [6, 6.07) is 9.45. The standard InChI is InChI=1S/C16H19N3O2/c1-10(2)12-4-6-13(7-5-12)19-9-14(16(21)18-17)15(20)8-11(19)3/h4-10H,17H2,1-3H3,(H,18,21). The summed E-state index contributed by atoms with van der Waals surface area (Å²) in [5.74, 6) is 4.97. The van der Waals surface area contributed by atoms with Crippen LogP contribution in [0.1, 0.15) is 41.4 Å². The lowest BCUT2D eigenvalue weighted by atomic mass is 10.0. The molecule has 0 aliphatic carbocycles. The number of hydrazine groups is 1. The topological polar surface area (TPSA) is 77.1 Å². The zero-order valence-corrected chi connectivity index (χ0v) is 12.4. The number of aromatic nitrogens is 1. The molecule has 1 amide bonds. The third kappa shape index (κ3) is 3.03. The van der Waals surface area contributed by atoms with E-state index in [1.807, 2.05) is 36.6 Å². The van der Waals surface area contributed by atoms with Crippen LogP contribution in [0.3, 0.4) is 0 Å². The molecule has 1 heterocycles. The molecule has 0 unspecified atom stereocenters. The zero-order valence-electron chi connectivity index (χ0n) is 12.4. The quantitative estimate of drug-likeness (QED) is 0.513. The fourth-order valence-corrected chi connectivity index (χ4v) is 2.18. The van der Waals surface area contributed by atoms with E-state index < -0.39 is 5.91 Å². The van der Waals surface area contributed by atoms with Crippen LogP contribution in [0.25, 0.3) is 5.69 Å². The first-order valence-electron chi connectivity index (χ1n) is 6.78. The molecule has 110 valence electrons. The van der Waals surface area contributed by atoms with Gasteiger partial charge in [-0.25, -0.2) is 5.84 Å². The maximum Gasteiger partial charge on any atom is 0.270 e. The molecular formula is C16H19N3O2. The van der Waals surface area contributed by atoms with Gasteiger partial charge in [0.1, 0.15) is 5.56 Å². The monoisotopic (exact) mass is 285 g/mol. The summed E-state index contributed by atoms with van der Waals surface area (Å²) in [5.41, 5.74) is 4.55. The van der Waals surface area contributed by atoms with Gasteiger partial charge in [-0.15, -0.1) is 0 Å². The van der Waals surface area contributed by atoms with Gasteiger partial charge >= 0.3 is 0 Å². The van der Waals surface area contributed by atoms with Crippen molar-refractivity contribution in [3.8, 4) is 5.69 Å². The number of hydrogen-bond acceptors (Lipinski definition) is 3. The molecule has 5 nitrogen and oxygen atoms in total. The average Bonchev–Trinajstić information content (AvgIpc) is 2.47. The van der Waals surface area contributed by atoms with Gasteiger partial charge in [0.2, 0.25) is 0 Å². The van der Waals surface area contributed by atoms with Crippen molar-refractivity contribution in [2.24, 2.45) is 5.84 Å². The zero-order chi connectivity index (χ0) is 15.6. The summed E-state index contributed by atoms with van der Waals surface area (Å²) < 4.78 is 1.80. The Hall–Kier alpha value is -2.40. The van der Waals surface area contributed by atoms with E-state index in [1.165, 1.54) is 17.8 Å². The molecule has 0 saturated heterocycles. The molecule has 2 rings (SSSR count). The van der Waals surface area contributed by atoms with Crippen molar-refractivity contribution in [1.29, 1.82) is 0 Å². The lowest BCUT2D eigenvalue weighted by Crippen LogP contribution is -2.34. The summed E-state index contributed by atoms with van der Waals surface area (Å²) in [7, 11) is 0. The van der Waals surface area contributed by atoms with Crippen LogP contribution in [0.15, 0.2) is 41.3 Å². The van der Waals surface area contributed by atoms with E-state index in [0.717, 1.165) is 11.4 Å². The molecule has 1 aromatic carbocycles. The molecule has 2 aromatic rings. The highest BCUT2D eigenvalue weighted by atomic mass is 16.2. The maximum atomic E-state index is 11.8. The van der Waals surface area contributed by atoms with E-state index in [1.54, 1.807) is 4.57 Å². The molecule has 1 aromatic heterocycles. The second kappa shape index (κ2) is 5.93. The molecule has 0 aliphatic heterocycles. The Morgan fingerprint density at radius 2 is 1.86 bits per heavy atom. The van der Waals surface area contributed by atoms with E-state index >= 15 is 0 Å². The van der Waals surface area contributed by atoms with E-state index in [2.05, 4.69) is 13.8 Å². The number of rotatable bonds is 3. The number of nitrogens with two attached hydrogens (primary N) is 1. The highest BCUT2D eigenvalue weighted by molar-refractivity contribution is 5.93. The van der Waals surface area contributed by atoms with Crippen LogP contribution in [0, 0.1) is 6.92 Å². The molecule has 0 radical (unpaired) electrons. The van der Waals surface area contributed by atoms with Gasteiger partial charge < -0.3 is 4.57 Å². The molecule has 21 heavy (non-hydrogen) atoms. The third-order valence-electron chi connectivity index (χ3n) is 3.46. The molecule has 0 fully saturated rings. The first-order chi connectivity index (χ1) is 9.93. The molecular weight excluding hydrogens is 266 g/mol. The van der Waals surface area contributed by atoms with Crippen LogP contribution in [0.5, 0.6) is 0 Å². The molecule has 0 spiro atoms. The Balaban J connectivity index is 2.53. The number of aryl methyl sites for hydroxylation is 1. The largest absolute Gasteiger partial charge is 0.320 e. The van der Waals surface area contributed by atoms with Gasteiger partial charge in [-0.3, -0.25) is 15.0 Å². The lowest BCUT2D eigenvalue weighted by molar-refractivity contribution is 0.0952. The summed E-state index contributed by atoms with van der Waals surface area (Å²) in [6.07, 6.45) is 1.52. The van der Waals surface area contributed by atoms with Crippen molar-refractivity contribution >= 4 is 5.91 Å². The highest BCUT2D eigenvalue weighted by Gasteiger charge is 2.12. The molecule has 0 saturated carbocycles. The first-order valence-corrected chi connectivity index (χ1v) is 6.78. The second-order valence-electron chi connectivity index (χ2n) is 5.28. The second-order valence-corrected chi connectivity index (χ2v) is 5.28. The van der Waals surface area contributed by atoms with Crippen LogP contribution in [0.2, 0.25) is 0 Å². The van der Waals surface area contributed by atoms with Gasteiger partial charge in [-0.2, -0.15) is 0 Å². The Morgan fingerprint density at radius 3 is 2.38 bits per heavy atom. The minimum absolute atomic E-state index is 0.0241. The molecule has 5 heteroatoms. The van der Waals surface area contributed by atoms with E-state index in [-0.39, 0.29) is 11.0 Å². The Bertz CT molecular complexity index is 715. The predicted molar refractivity (Wildman–Crippen MR) is 82.5 cm³/mol. The predicted octanol–water partition coefficient (Wildman–Crippen LogP) is 1.87. The highest BCUT2D eigenvalue weighted by Crippen LogP contribution is 2.17. The normalized spacial score (nSPS) is 10.7. The summed E-state index contributed by atoms with van der Waals surface area (Å²) in [4.78, 5) is 23.5. The van der Waals surface area contributed by atoms with Crippen LogP contribution >= 0.6 is 0 Å². The number of amides is 1. The van der Waals surface area contributed by atoms with E-state index in [4.69, 9.17) is 5.84 Å². The van der Waals surface area contributed by atoms with Gasteiger partial charge in [0.05, 0.1) is 0 Å². The number of nitrogens with zero attached hydrogens (tertiary/aromatic N) is 1. The van der Waals surface area contributed by atoms with Crippen molar-refractivity contribution in [1.82, 2.24) is 9.99 Å². The van der Waals surface area contributed by atoms with E-state index in [9.17, 15) is 9.59 Å². The number of hydrogen-bond donors (Lipinski definition) is 2. The Morgan fingerprint density at radius 1 is 1.24 bits per heavy atom. The first kappa shape index (κ1) is 15.0. The fourth-order valence-electron chi connectivity index (χ4n) is 2.18. The van der Waals surface area contributed by atoms with Gasteiger partial charge in [0.15, 0.2) is 5.43 Å². The van der Waals surface area contributed by atoms with Crippen LogP contribution < -0.4 is 16.7 Å². The number of nitrogens with one attached hydrogen (secondary N) is 1. The number of carbonyl (C=O) groups excluding carboxylic acids is 1. The van der Waals surface area contributed by atoms with Crippen LogP contribution in [-0.2, 0) is 0 Å². The number of benzene rings is 1. The van der Waals surface area contributed by atoms with Crippen molar-refractivity contribution in [3.05, 3.63) is 63.6 Å². The number of pyridine rings is 1. The Labute approximate surface area is 123 Å². The maximum absolute atomic E-state index is 11.8. The van der Waals surface area contributed by atoms with Crippen molar-refractivity contribution in [3.63, 3.8) is 0 Å².